The van der Waals surface area contributed by atoms with E-state index in [1.54, 1.807) is 7.11 Å². The van der Waals surface area contributed by atoms with E-state index in [1.807, 2.05) is 31.2 Å². The van der Waals surface area contributed by atoms with E-state index in [4.69, 9.17) is 15.6 Å². The highest BCUT2D eigenvalue weighted by atomic mass is 16.5. The van der Waals surface area contributed by atoms with Gasteiger partial charge in [-0.25, -0.2) is 0 Å². The van der Waals surface area contributed by atoms with Crippen molar-refractivity contribution in [3.63, 3.8) is 0 Å². The average Bonchev–Trinajstić information content (AvgIpc) is 2.28. The van der Waals surface area contributed by atoms with Gasteiger partial charge < -0.3 is 15.6 Å². The monoisotopic (exact) mass is 237 g/mol. The number of rotatable bonds is 6. The number of carbonyl (C=O) groups is 1. The Morgan fingerprint density at radius 1 is 1.47 bits per heavy atom. The molecule has 0 saturated carbocycles. The number of aliphatic carboxylic acids is 1. The summed E-state index contributed by atoms with van der Waals surface area (Å²) in [6.45, 7) is 1.97. The Labute approximate surface area is 101 Å². The van der Waals surface area contributed by atoms with Crippen molar-refractivity contribution < 1.29 is 14.6 Å². The zero-order chi connectivity index (χ0) is 12.8. The fourth-order valence-electron chi connectivity index (χ4n) is 1.77. The number of carboxylic acid groups (broad SMARTS) is 1. The van der Waals surface area contributed by atoms with Gasteiger partial charge in [-0.2, -0.15) is 0 Å². The molecule has 1 rings (SSSR count). The lowest BCUT2D eigenvalue weighted by Gasteiger charge is -2.17. The Morgan fingerprint density at radius 2 is 2.12 bits per heavy atom. The fraction of sp³-hybridized carbons (Fsp3) is 0.462. The van der Waals surface area contributed by atoms with Crippen molar-refractivity contribution >= 4 is 5.97 Å². The molecule has 3 N–H and O–H groups in total. The topological polar surface area (TPSA) is 72.5 Å². The first kappa shape index (κ1) is 13.7. The van der Waals surface area contributed by atoms with Crippen LogP contribution in [0.3, 0.4) is 0 Å². The number of methoxy groups -OCH3 is 1. The minimum Gasteiger partial charge on any atom is -0.481 e. The Morgan fingerprint density at radius 3 is 2.71 bits per heavy atom. The highest BCUT2D eigenvalue weighted by Gasteiger charge is 2.15. The maximum atomic E-state index is 10.7. The van der Waals surface area contributed by atoms with Gasteiger partial charge in [-0.3, -0.25) is 4.79 Å². The summed E-state index contributed by atoms with van der Waals surface area (Å²) in [7, 11) is 1.66. The van der Waals surface area contributed by atoms with E-state index >= 15 is 0 Å². The van der Waals surface area contributed by atoms with Crippen LogP contribution in [0.5, 0.6) is 0 Å². The molecule has 94 valence electrons. The standard InChI is InChI=1S/C13H19NO3/c1-9(17-2)7-10-5-3-4-6-11(10)12(14)8-13(15)16/h3-6,9,12H,7-8,14H2,1-2H3,(H,15,16). The summed E-state index contributed by atoms with van der Waals surface area (Å²) in [6.07, 6.45) is 0.770. The molecule has 1 aromatic carbocycles. The summed E-state index contributed by atoms with van der Waals surface area (Å²) in [5.41, 5.74) is 7.83. The Hall–Kier alpha value is -1.39. The van der Waals surface area contributed by atoms with E-state index in [1.165, 1.54) is 0 Å². The first-order valence-electron chi connectivity index (χ1n) is 5.62. The number of hydrogen-bond donors (Lipinski definition) is 2. The van der Waals surface area contributed by atoms with Crippen molar-refractivity contribution in [3.8, 4) is 0 Å². The molecule has 0 fully saturated rings. The summed E-state index contributed by atoms with van der Waals surface area (Å²) in [6, 6.07) is 7.18. The lowest BCUT2D eigenvalue weighted by Crippen LogP contribution is -2.18. The quantitative estimate of drug-likeness (QED) is 0.790. The van der Waals surface area contributed by atoms with E-state index in [9.17, 15) is 4.79 Å². The maximum absolute atomic E-state index is 10.7. The van der Waals surface area contributed by atoms with Crippen LogP contribution in [-0.4, -0.2) is 24.3 Å². The molecule has 1 aromatic rings. The average molecular weight is 237 g/mol. The van der Waals surface area contributed by atoms with Gasteiger partial charge in [0.25, 0.3) is 0 Å². The molecule has 17 heavy (non-hydrogen) atoms. The van der Waals surface area contributed by atoms with Crippen LogP contribution in [0, 0.1) is 0 Å². The van der Waals surface area contributed by atoms with Crippen LogP contribution in [0.4, 0.5) is 0 Å². The van der Waals surface area contributed by atoms with Crippen molar-refractivity contribution in [1.82, 2.24) is 0 Å². The molecule has 0 aliphatic carbocycles. The van der Waals surface area contributed by atoms with Crippen LogP contribution < -0.4 is 5.73 Å². The molecular weight excluding hydrogens is 218 g/mol. The summed E-state index contributed by atoms with van der Waals surface area (Å²) >= 11 is 0. The van der Waals surface area contributed by atoms with Crippen LogP contribution in [0.2, 0.25) is 0 Å². The predicted octanol–water partition coefficient (Wildman–Crippen LogP) is 1.74. The molecule has 2 unspecified atom stereocenters. The molecular formula is C13H19NO3. The van der Waals surface area contributed by atoms with Crippen molar-refractivity contribution in [2.24, 2.45) is 5.73 Å². The first-order chi connectivity index (χ1) is 8.04. The molecule has 0 aromatic heterocycles. The zero-order valence-electron chi connectivity index (χ0n) is 10.2. The smallest absolute Gasteiger partial charge is 0.305 e. The molecule has 0 bridgehead atoms. The molecule has 0 saturated heterocycles. The van der Waals surface area contributed by atoms with Gasteiger partial charge in [-0.05, 0) is 24.5 Å². The van der Waals surface area contributed by atoms with E-state index in [0.717, 1.165) is 17.5 Å². The molecule has 0 aliphatic heterocycles. The lowest BCUT2D eigenvalue weighted by atomic mass is 9.95. The summed E-state index contributed by atoms with van der Waals surface area (Å²) in [4.78, 5) is 10.7. The maximum Gasteiger partial charge on any atom is 0.305 e. The van der Waals surface area contributed by atoms with Crippen molar-refractivity contribution in [3.05, 3.63) is 35.4 Å². The second-order valence-corrected chi connectivity index (χ2v) is 4.15. The largest absolute Gasteiger partial charge is 0.481 e. The molecule has 4 nitrogen and oxygen atoms in total. The molecule has 0 spiro atoms. The van der Waals surface area contributed by atoms with Crippen LogP contribution in [0.1, 0.15) is 30.5 Å². The molecule has 4 heteroatoms. The number of hydrogen-bond acceptors (Lipinski definition) is 3. The van der Waals surface area contributed by atoms with E-state index in [0.29, 0.717) is 0 Å². The van der Waals surface area contributed by atoms with Gasteiger partial charge in [0, 0.05) is 13.2 Å². The van der Waals surface area contributed by atoms with Crippen LogP contribution >= 0.6 is 0 Å². The van der Waals surface area contributed by atoms with Gasteiger partial charge in [0.05, 0.1) is 12.5 Å². The van der Waals surface area contributed by atoms with E-state index in [2.05, 4.69) is 0 Å². The summed E-state index contributed by atoms with van der Waals surface area (Å²) < 4.78 is 5.21. The highest BCUT2D eigenvalue weighted by molar-refractivity contribution is 5.68. The van der Waals surface area contributed by atoms with Gasteiger partial charge in [0.1, 0.15) is 0 Å². The van der Waals surface area contributed by atoms with Gasteiger partial charge in [-0.15, -0.1) is 0 Å². The van der Waals surface area contributed by atoms with E-state index < -0.39 is 12.0 Å². The Balaban J connectivity index is 2.86. The minimum absolute atomic E-state index is 0.0572. The second kappa shape index (κ2) is 6.37. The third-order valence-electron chi connectivity index (χ3n) is 2.76. The third kappa shape index (κ3) is 4.17. The van der Waals surface area contributed by atoms with E-state index in [-0.39, 0.29) is 12.5 Å². The van der Waals surface area contributed by atoms with Crippen molar-refractivity contribution in [1.29, 1.82) is 0 Å². The Kier molecular flexibility index (Phi) is 5.12. The SMILES string of the molecule is COC(C)Cc1ccccc1C(N)CC(=O)O. The first-order valence-corrected chi connectivity index (χ1v) is 5.62. The lowest BCUT2D eigenvalue weighted by molar-refractivity contribution is -0.137. The highest BCUT2D eigenvalue weighted by Crippen LogP contribution is 2.20. The van der Waals surface area contributed by atoms with Crippen molar-refractivity contribution in [2.75, 3.05) is 7.11 Å². The minimum atomic E-state index is -0.882. The normalized spacial score (nSPS) is 14.3. The molecule has 2 atom stereocenters. The summed E-state index contributed by atoms with van der Waals surface area (Å²) in [5.74, 6) is -0.882. The second-order valence-electron chi connectivity index (χ2n) is 4.15. The Bertz CT molecular complexity index is 379. The molecule has 0 radical (unpaired) electrons. The molecule has 0 aliphatic rings. The van der Waals surface area contributed by atoms with Gasteiger partial charge in [0.2, 0.25) is 0 Å². The van der Waals surface area contributed by atoms with Gasteiger partial charge >= 0.3 is 5.97 Å². The summed E-state index contributed by atoms with van der Waals surface area (Å²) in [5, 5.41) is 8.76. The van der Waals surface area contributed by atoms with Crippen molar-refractivity contribution in [2.45, 2.75) is 31.9 Å². The predicted molar refractivity (Wildman–Crippen MR) is 65.8 cm³/mol. The molecule has 0 heterocycles. The van der Waals surface area contributed by atoms with Crippen LogP contribution in [0.15, 0.2) is 24.3 Å². The number of benzene rings is 1. The zero-order valence-corrected chi connectivity index (χ0v) is 10.2. The molecule has 0 amide bonds. The third-order valence-corrected chi connectivity index (χ3v) is 2.76. The number of nitrogens with two attached hydrogens (primary N) is 1. The fourth-order valence-corrected chi connectivity index (χ4v) is 1.77. The van der Waals surface area contributed by atoms with Gasteiger partial charge in [-0.1, -0.05) is 24.3 Å². The number of carboxylic acids is 1. The number of ether oxygens (including phenoxy) is 1. The van der Waals surface area contributed by atoms with Crippen LogP contribution in [0.25, 0.3) is 0 Å². The van der Waals surface area contributed by atoms with Crippen LogP contribution in [-0.2, 0) is 16.0 Å². The van der Waals surface area contributed by atoms with Gasteiger partial charge in [0.15, 0.2) is 0 Å².